The molecule has 0 bridgehead atoms. The van der Waals surface area contributed by atoms with Crippen molar-refractivity contribution in [1.82, 2.24) is 4.98 Å². The zero-order valence-corrected chi connectivity index (χ0v) is 5.78. The van der Waals surface area contributed by atoms with Gasteiger partial charge in [0.05, 0.1) is 6.20 Å². The van der Waals surface area contributed by atoms with Crippen LogP contribution in [0, 0.1) is 11.8 Å². The summed E-state index contributed by atoms with van der Waals surface area (Å²) in [5.74, 6) is 5.16. The number of pyridine rings is 1. The number of aliphatic hydroxyl groups excluding tert-OH is 1. The lowest BCUT2D eigenvalue weighted by Gasteiger charge is -1.89. The predicted octanol–water partition coefficient (Wildman–Crippen LogP) is 0.131. The lowest BCUT2D eigenvalue weighted by atomic mass is 10.3. The first kappa shape index (κ1) is 7.58. The molecule has 0 atom stereocenters. The highest BCUT2D eigenvalue weighted by molar-refractivity contribution is 5.30. The third-order valence-electron chi connectivity index (χ3n) is 1.04. The van der Waals surface area contributed by atoms with Gasteiger partial charge in [0.2, 0.25) is 0 Å². The number of hydrogen-bond acceptors (Lipinski definition) is 3. The van der Waals surface area contributed by atoms with Gasteiger partial charge in [-0.2, -0.15) is 0 Å². The van der Waals surface area contributed by atoms with E-state index in [1.807, 2.05) is 0 Å². The Balaban J connectivity index is 2.82. The largest absolute Gasteiger partial charge is 0.506 e. The Bertz CT molecular complexity index is 281. The third kappa shape index (κ3) is 2.28. The van der Waals surface area contributed by atoms with Crippen LogP contribution in [0.5, 0.6) is 5.75 Å². The van der Waals surface area contributed by atoms with Crippen LogP contribution in [0.1, 0.15) is 5.69 Å². The van der Waals surface area contributed by atoms with E-state index in [2.05, 4.69) is 16.8 Å². The Labute approximate surface area is 64.3 Å². The Kier molecular flexibility index (Phi) is 2.47. The second kappa shape index (κ2) is 3.59. The van der Waals surface area contributed by atoms with Gasteiger partial charge in [0.1, 0.15) is 18.1 Å². The second-order valence-corrected chi connectivity index (χ2v) is 1.86. The van der Waals surface area contributed by atoms with Crippen LogP contribution < -0.4 is 0 Å². The maximum Gasteiger partial charge on any atom is 0.133 e. The van der Waals surface area contributed by atoms with Gasteiger partial charge in [-0.3, -0.25) is 0 Å². The summed E-state index contributed by atoms with van der Waals surface area (Å²) in [7, 11) is 0. The number of rotatable bonds is 0. The minimum absolute atomic E-state index is 0.111. The smallest absolute Gasteiger partial charge is 0.133 e. The molecule has 56 valence electrons. The lowest BCUT2D eigenvalue weighted by Crippen LogP contribution is -1.80. The molecule has 1 heterocycles. The summed E-state index contributed by atoms with van der Waals surface area (Å²) in [4.78, 5) is 3.78. The molecule has 0 unspecified atom stereocenters. The van der Waals surface area contributed by atoms with Crippen molar-refractivity contribution in [2.24, 2.45) is 0 Å². The van der Waals surface area contributed by atoms with Gasteiger partial charge in [0, 0.05) is 0 Å². The van der Waals surface area contributed by atoms with Crippen LogP contribution in [0.3, 0.4) is 0 Å². The van der Waals surface area contributed by atoms with Crippen molar-refractivity contribution in [2.75, 3.05) is 6.61 Å². The standard InChI is InChI=1S/C8H7NO2/c10-5-1-2-7-3-4-8(11)6-9-7/h3-4,6,10-11H,5H2. The summed E-state index contributed by atoms with van der Waals surface area (Å²) in [6.45, 7) is -0.178. The van der Waals surface area contributed by atoms with E-state index in [-0.39, 0.29) is 12.4 Å². The molecule has 0 aliphatic heterocycles. The molecule has 0 aliphatic carbocycles. The van der Waals surface area contributed by atoms with Crippen LogP contribution in [0.15, 0.2) is 18.3 Å². The molecule has 11 heavy (non-hydrogen) atoms. The van der Waals surface area contributed by atoms with Crippen LogP contribution in [0.2, 0.25) is 0 Å². The highest BCUT2D eigenvalue weighted by Gasteiger charge is 1.87. The van der Waals surface area contributed by atoms with E-state index in [1.165, 1.54) is 12.3 Å². The first-order valence-corrected chi connectivity index (χ1v) is 3.07. The Morgan fingerprint density at radius 3 is 2.82 bits per heavy atom. The molecular formula is C8H7NO2. The number of aromatic nitrogens is 1. The van der Waals surface area contributed by atoms with E-state index in [0.29, 0.717) is 5.69 Å². The monoisotopic (exact) mass is 149 g/mol. The third-order valence-corrected chi connectivity index (χ3v) is 1.04. The summed E-state index contributed by atoms with van der Waals surface area (Å²) >= 11 is 0. The fourth-order valence-corrected chi connectivity index (χ4v) is 0.590. The molecule has 0 saturated carbocycles. The summed E-state index contributed by atoms with van der Waals surface area (Å²) in [5.41, 5.74) is 0.539. The average Bonchev–Trinajstić information content (AvgIpc) is 2.04. The highest BCUT2D eigenvalue weighted by atomic mass is 16.3. The molecule has 1 aromatic heterocycles. The van der Waals surface area contributed by atoms with Gasteiger partial charge >= 0.3 is 0 Å². The molecule has 0 spiro atoms. The molecule has 2 N–H and O–H groups in total. The predicted molar refractivity (Wildman–Crippen MR) is 39.9 cm³/mol. The van der Waals surface area contributed by atoms with Crippen molar-refractivity contribution in [1.29, 1.82) is 0 Å². The summed E-state index contributed by atoms with van der Waals surface area (Å²) in [6, 6.07) is 3.08. The lowest BCUT2D eigenvalue weighted by molar-refractivity contribution is 0.350. The van der Waals surface area contributed by atoms with Crippen LogP contribution in [-0.2, 0) is 0 Å². The van der Waals surface area contributed by atoms with Crippen LogP contribution in [-0.4, -0.2) is 21.8 Å². The molecule has 0 aliphatic rings. The Morgan fingerprint density at radius 1 is 1.45 bits per heavy atom. The van der Waals surface area contributed by atoms with Gasteiger partial charge < -0.3 is 10.2 Å². The minimum atomic E-state index is -0.178. The molecular weight excluding hydrogens is 142 g/mol. The molecule has 0 amide bonds. The fraction of sp³-hybridized carbons (Fsp3) is 0.125. The van der Waals surface area contributed by atoms with Gasteiger partial charge in [-0.1, -0.05) is 5.92 Å². The Morgan fingerprint density at radius 2 is 2.27 bits per heavy atom. The topological polar surface area (TPSA) is 53.4 Å². The van der Waals surface area contributed by atoms with Crippen molar-refractivity contribution in [3.8, 4) is 17.6 Å². The van der Waals surface area contributed by atoms with Crippen molar-refractivity contribution in [3.05, 3.63) is 24.0 Å². The van der Waals surface area contributed by atoms with Crippen LogP contribution >= 0.6 is 0 Å². The van der Waals surface area contributed by atoms with Gasteiger partial charge in [-0.05, 0) is 18.1 Å². The zero-order valence-electron chi connectivity index (χ0n) is 5.78. The first-order valence-electron chi connectivity index (χ1n) is 3.07. The quantitative estimate of drug-likeness (QED) is 0.515. The maximum atomic E-state index is 8.82. The van der Waals surface area contributed by atoms with Crippen LogP contribution in [0.4, 0.5) is 0 Å². The van der Waals surface area contributed by atoms with Crippen molar-refractivity contribution < 1.29 is 10.2 Å². The number of aromatic hydroxyl groups is 1. The van der Waals surface area contributed by atoms with Crippen LogP contribution in [0.25, 0.3) is 0 Å². The molecule has 0 saturated heterocycles. The average molecular weight is 149 g/mol. The maximum absolute atomic E-state index is 8.82. The van der Waals surface area contributed by atoms with Gasteiger partial charge in [-0.15, -0.1) is 0 Å². The molecule has 3 heteroatoms. The van der Waals surface area contributed by atoms with E-state index in [9.17, 15) is 0 Å². The summed E-state index contributed by atoms with van der Waals surface area (Å²) in [6.07, 6.45) is 1.31. The SMILES string of the molecule is OCC#Cc1ccc(O)cn1. The molecule has 3 nitrogen and oxygen atoms in total. The molecule has 0 aromatic carbocycles. The van der Waals surface area contributed by atoms with Gasteiger partial charge in [0.25, 0.3) is 0 Å². The number of aliphatic hydroxyl groups is 1. The van der Waals surface area contributed by atoms with Crippen molar-refractivity contribution in [3.63, 3.8) is 0 Å². The molecule has 0 fully saturated rings. The fourth-order valence-electron chi connectivity index (χ4n) is 0.590. The van der Waals surface area contributed by atoms with E-state index in [1.54, 1.807) is 6.07 Å². The highest BCUT2D eigenvalue weighted by Crippen LogP contribution is 2.04. The second-order valence-electron chi connectivity index (χ2n) is 1.86. The van der Waals surface area contributed by atoms with E-state index >= 15 is 0 Å². The Hall–Kier alpha value is -1.53. The van der Waals surface area contributed by atoms with Gasteiger partial charge in [0.15, 0.2) is 0 Å². The molecule has 1 rings (SSSR count). The van der Waals surface area contributed by atoms with Crippen molar-refractivity contribution >= 4 is 0 Å². The minimum Gasteiger partial charge on any atom is -0.506 e. The van der Waals surface area contributed by atoms with E-state index in [4.69, 9.17) is 10.2 Å². The van der Waals surface area contributed by atoms with Crippen molar-refractivity contribution in [2.45, 2.75) is 0 Å². The number of nitrogens with zero attached hydrogens (tertiary/aromatic N) is 1. The summed E-state index contributed by atoms with van der Waals surface area (Å²) < 4.78 is 0. The van der Waals surface area contributed by atoms with E-state index in [0.717, 1.165) is 0 Å². The van der Waals surface area contributed by atoms with Gasteiger partial charge in [-0.25, -0.2) is 4.98 Å². The van der Waals surface area contributed by atoms with E-state index < -0.39 is 0 Å². The number of hydrogen-bond donors (Lipinski definition) is 2. The first-order chi connectivity index (χ1) is 5.33. The summed E-state index contributed by atoms with van der Waals surface area (Å²) in [5, 5.41) is 17.2. The molecule has 1 aromatic rings. The normalized spacial score (nSPS) is 8.45. The zero-order chi connectivity index (χ0) is 8.10. The molecule has 0 radical (unpaired) electrons.